The van der Waals surface area contributed by atoms with Gasteiger partial charge in [-0.2, -0.15) is 0 Å². The minimum atomic E-state index is -2.46. The van der Waals surface area contributed by atoms with Crippen LogP contribution in [0.5, 0.6) is 0 Å². The summed E-state index contributed by atoms with van der Waals surface area (Å²) in [5.74, 6) is 0.479. The van der Waals surface area contributed by atoms with Crippen molar-refractivity contribution in [1.82, 2.24) is 0 Å². The van der Waals surface area contributed by atoms with Crippen molar-refractivity contribution in [2.24, 2.45) is 5.92 Å². The van der Waals surface area contributed by atoms with Gasteiger partial charge in [0, 0.05) is 6.10 Å². The Labute approximate surface area is 183 Å². The topological polar surface area (TPSA) is 27.7 Å². The Morgan fingerprint density at radius 1 is 0.867 bits per heavy atom. The predicted octanol–water partition coefficient (Wildman–Crippen LogP) is 4.65. The molecule has 0 bridgehead atoms. The first-order valence-corrected chi connectivity index (χ1v) is 13.3. The fraction of sp³-hybridized carbons (Fsp3) is 0.520. The highest BCUT2D eigenvalue weighted by atomic mass is 28.4. The molecule has 2 saturated heterocycles. The second kappa shape index (κ2) is 7.94. The Bertz CT molecular complexity index is 798. The molecule has 2 aromatic carbocycles. The Kier molecular flexibility index (Phi) is 5.77. The summed E-state index contributed by atoms with van der Waals surface area (Å²) in [6.45, 7) is 13.1. The van der Waals surface area contributed by atoms with E-state index in [0.717, 1.165) is 12.7 Å². The van der Waals surface area contributed by atoms with E-state index in [2.05, 4.69) is 102 Å². The van der Waals surface area contributed by atoms with Crippen LogP contribution in [0.3, 0.4) is 0 Å². The maximum atomic E-state index is 7.14. The van der Waals surface area contributed by atoms with E-state index in [4.69, 9.17) is 13.7 Å². The smallest absolute Gasteiger partial charge is 0.404 e. The van der Waals surface area contributed by atoms with E-state index in [9.17, 15) is 0 Å². The molecule has 160 valence electrons. The van der Waals surface area contributed by atoms with Gasteiger partial charge in [-0.25, -0.2) is 0 Å². The Balaban J connectivity index is 1.76. The lowest BCUT2D eigenvalue weighted by Gasteiger charge is -2.34. The predicted molar refractivity (Wildman–Crippen MR) is 127 cm³/mol. The van der Waals surface area contributed by atoms with Crippen LogP contribution in [0.1, 0.15) is 48.0 Å². The average Bonchev–Trinajstić information content (AvgIpc) is 3.18. The third kappa shape index (κ3) is 3.70. The molecule has 0 aromatic heterocycles. The summed E-state index contributed by atoms with van der Waals surface area (Å²) >= 11 is 0. The highest BCUT2D eigenvalue weighted by Crippen LogP contribution is 2.46. The zero-order valence-electron chi connectivity index (χ0n) is 19.2. The molecule has 2 fully saturated rings. The van der Waals surface area contributed by atoms with E-state index in [1.807, 2.05) is 0 Å². The summed E-state index contributed by atoms with van der Waals surface area (Å²) in [5.41, 5.74) is -0.222. The number of benzene rings is 2. The molecule has 0 spiro atoms. The van der Waals surface area contributed by atoms with Gasteiger partial charge in [0.15, 0.2) is 0 Å². The van der Waals surface area contributed by atoms with Crippen molar-refractivity contribution < 1.29 is 13.7 Å². The first-order valence-electron chi connectivity index (χ1n) is 11.3. The van der Waals surface area contributed by atoms with Crippen LogP contribution >= 0.6 is 0 Å². The van der Waals surface area contributed by atoms with E-state index < -0.39 is 8.32 Å². The molecule has 30 heavy (non-hydrogen) atoms. The molecule has 2 atom stereocenters. The fourth-order valence-electron chi connectivity index (χ4n) is 4.94. The SMILES string of the molecule is CC(C)[C@@H]1C[C@@H](CB2OC(C)(C)C(C)(C)O2)[Si](c2ccccc2)(c2ccccc2)O1. The molecule has 5 heteroatoms. The summed E-state index contributed by atoms with van der Waals surface area (Å²) in [6.07, 6.45) is 2.17. The summed E-state index contributed by atoms with van der Waals surface area (Å²) < 4.78 is 20.0. The largest absolute Gasteiger partial charge is 0.457 e. The first kappa shape index (κ1) is 21.8. The van der Waals surface area contributed by atoms with Crippen molar-refractivity contribution in [3.8, 4) is 0 Å². The van der Waals surface area contributed by atoms with Gasteiger partial charge in [0.25, 0.3) is 8.32 Å². The Morgan fingerprint density at radius 3 is 1.77 bits per heavy atom. The Morgan fingerprint density at radius 2 is 1.33 bits per heavy atom. The third-order valence-corrected chi connectivity index (χ3v) is 12.0. The average molecular weight is 422 g/mol. The van der Waals surface area contributed by atoms with Crippen molar-refractivity contribution in [2.75, 3.05) is 0 Å². The first-order chi connectivity index (χ1) is 14.2. The molecule has 0 unspecified atom stereocenters. The molecule has 0 aliphatic carbocycles. The fourth-order valence-corrected chi connectivity index (χ4v) is 9.99. The van der Waals surface area contributed by atoms with E-state index in [1.165, 1.54) is 10.4 Å². The summed E-state index contributed by atoms with van der Waals surface area (Å²) in [7, 11) is -2.66. The van der Waals surface area contributed by atoms with E-state index in [0.29, 0.717) is 11.5 Å². The molecule has 0 radical (unpaired) electrons. The molecule has 3 nitrogen and oxygen atoms in total. The number of hydrogen-bond donors (Lipinski definition) is 0. The third-order valence-electron chi connectivity index (χ3n) is 7.36. The molecule has 4 rings (SSSR count). The summed E-state index contributed by atoms with van der Waals surface area (Å²) in [5, 5.41) is 2.70. The normalized spacial score (nSPS) is 27.0. The van der Waals surface area contributed by atoms with Crippen molar-refractivity contribution in [3.05, 3.63) is 60.7 Å². The lowest BCUT2D eigenvalue weighted by molar-refractivity contribution is 0.00578. The lowest BCUT2D eigenvalue weighted by atomic mass is 9.81. The maximum Gasteiger partial charge on any atom is 0.457 e. The van der Waals surface area contributed by atoms with Crippen molar-refractivity contribution in [1.29, 1.82) is 0 Å². The zero-order valence-corrected chi connectivity index (χ0v) is 20.2. The molecule has 2 aliphatic heterocycles. The minimum Gasteiger partial charge on any atom is -0.404 e. The number of hydrogen-bond acceptors (Lipinski definition) is 3. The van der Waals surface area contributed by atoms with E-state index in [-0.39, 0.29) is 24.4 Å². The van der Waals surface area contributed by atoms with Gasteiger partial charge in [0.1, 0.15) is 0 Å². The second-order valence-corrected chi connectivity index (χ2v) is 13.9. The van der Waals surface area contributed by atoms with Crippen LogP contribution in [-0.2, 0) is 13.7 Å². The van der Waals surface area contributed by atoms with Crippen LogP contribution in [0.4, 0.5) is 0 Å². The van der Waals surface area contributed by atoms with Gasteiger partial charge in [-0.15, -0.1) is 0 Å². The standard InChI is InChI=1S/C25H35BO3Si/c1-19(2)23-17-22(18-26-28-24(3,4)25(5,6)29-26)30(27-23,20-13-9-7-10-14-20)21-15-11-8-12-16-21/h7-16,19,22-23H,17-18H2,1-6H3/t22-,23-/m0/s1. The molecule has 0 N–H and O–H groups in total. The molecule has 0 saturated carbocycles. The van der Waals surface area contributed by atoms with E-state index >= 15 is 0 Å². The molecule has 2 aromatic rings. The van der Waals surface area contributed by atoms with E-state index in [1.54, 1.807) is 0 Å². The molecular weight excluding hydrogens is 387 g/mol. The van der Waals surface area contributed by atoms with Gasteiger partial charge in [-0.3, -0.25) is 0 Å². The van der Waals surface area contributed by atoms with Gasteiger partial charge >= 0.3 is 7.12 Å². The minimum absolute atomic E-state index is 0.200. The van der Waals surface area contributed by atoms with Crippen molar-refractivity contribution >= 4 is 25.8 Å². The van der Waals surface area contributed by atoms with Gasteiger partial charge in [0.2, 0.25) is 0 Å². The summed E-state index contributed by atoms with van der Waals surface area (Å²) in [4.78, 5) is 0. The highest BCUT2D eigenvalue weighted by Gasteiger charge is 2.58. The molecule has 2 aliphatic rings. The zero-order chi connectivity index (χ0) is 21.6. The van der Waals surface area contributed by atoms with Crippen LogP contribution in [0.25, 0.3) is 0 Å². The van der Waals surface area contributed by atoms with Crippen molar-refractivity contribution in [2.45, 2.75) is 77.1 Å². The monoisotopic (exact) mass is 422 g/mol. The van der Waals surface area contributed by atoms with Crippen molar-refractivity contribution in [3.63, 3.8) is 0 Å². The second-order valence-electron chi connectivity index (χ2n) is 10.2. The molecular formula is C25H35BO3Si. The lowest BCUT2D eigenvalue weighted by Crippen LogP contribution is -2.62. The van der Waals surface area contributed by atoms with Gasteiger partial charge < -0.3 is 13.7 Å². The summed E-state index contributed by atoms with van der Waals surface area (Å²) in [6, 6.07) is 21.8. The van der Waals surface area contributed by atoms with Gasteiger partial charge in [-0.05, 0) is 62.3 Å². The van der Waals surface area contributed by atoms with Crippen LogP contribution in [0, 0.1) is 5.92 Å². The highest BCUT2D eigenvalue weighted by molar-refractivity contribution is 6.99. The van der Waals surface area contributed by atoms with Crippen LogP contribution < -0.4 is 10.4 Å². The van der Waals surface area contributed by atoms with Crippen LogP contribution in [0.15, 0.2) is 60.7 Å². The Hall–Kier alpha value is -1.40. The van der Waals surface area contributed by atoms with Gasteiger partial charge in [-0.1, -0.05) is 74.5 Å². The quantitative estimate of drug-likeness (QED) is 0.657. The van der Waals surface area contributed by atoms with Crippen LogP contribution in [-0.4, -0.2) is 32.7 Å². The number of rotatable bonds is 5. The molecule has 2 heterocycles. The van der Waals surface area contributed by atoms with Gasteiger partial charge in [0.05, 0.1) is 11.2 Å². The maximum absolute atomic E-state index is 7.14. The molecule has 0 amide bonds. The van der Waals surface area contributed by atoms with Crippen LogP contribution in [0.2, 0.25) is 11.9 Å².